The molecule has 0 heterocycles. The molecule has 0 amide bonds. The standard InChI is InChI=1S/C18H19NO/c1-2-3-13-19-14-16-9-11-18(12-10-16)20-15-17-7-5-4-6-8-17/h1,4-12,19H,3,13-15H2. The van der Waals surface area contributed by atoms with Crippen LogP contribution in [-0.4, -0.2) is 6.54 Å². The average molecular weight is 265 g/mol. The molecule has 1 N–H and O–H groups in total. The lowest BCUT2D eigenvalue weighted by Crippen LogP contribution is -2.13. The molecule has 0 unspecified atom stereocenters. The lowest BCUT2D eigenvalue weighted by Gasteiger charge is -2.08. The van der Waals surface area contributed by atoms with E-state index in [9.17, 15) is 0 Å². The van der Waals surface area contributed by atoms with Crippen molar-refractivity contribution in [3.63, 3.8) is 0 Å². The minimum atomic E-state index is 0.598. The molecule has 0 spiro atoms. The largest absolute Gasteiger partial charge is 0.489 e. The van der Waals surface area contributed by atoms with E-state index in [0.717, 1.165) is 25.3 Å². The van der Waals surface area contributed by atoms with Crippen molar-refractivity contribution in [2.75, 3.05) is 6.54 Å². The molecule has 2 aromatic rings. The number of terminal acetylenes is 1. The fourth-order valence-corrected chi connectivity index (χ4v) is 1.84. The van der Waals surface area contributed by atoms with Gasteiger partial charge in [0.2, 0.25) is 0 Å². The van der Waals surface area contributed by atoms with E-state index in [2.05, 4.69) is 35.5 Å². The molecule has 2 nitrogen and oxygen atoms in total. The summed E-state index contributed by atoms with van der Waals surface area (Å²) in [6.45, 7) is 2.28. The quantitative estimate of drug-likeness (QED) is 0.612. The van der Waals surface area contributed by atoms with E-state index in [0.29, 0.717) is 6.61 Å². The second-order valence-corrected chi connectivity index (χ2v) is 4.55. The SMILES string of the molecule is C#CCCNCc1ccc(OCc2ccccc2)cc1. The third kappa shape index (κ3) is 4.79. The van der Waals surface area contributed by atoms with Crippen molar-refractivity contribution in [1.82, 2.24) is 5.32 Å². The van der Waals surface area contributed by atoms with E-state index < -0.39 is 0 Å². The molecule has 0 aromatic heterocycles. The first-order chi connectivity index (χ1) is 9.88. The van der Waals surface area contributed by atoms with E-state index in [1.807, 2.05) is 30.3 Å². The van der Waals surface area contributed by atoms with Crippen LogP contribution in [0.2, 0.25) is 0 Å². The van der Waals surface area contributed by atoms with Crippen molar-refractivity contribution in [3.8, 4) is 18.1 Å². The predicted octanol–water partition coefficient (Wildman–Crippen LogP) is 3.38. The monoisotopic (exact) mass is 265 g/mol. The van der Waals surface area contributed by atoms with Gasteiger partial charge in [-0.25, -0.2) is 0 Å². The van der Waals surface area contributed by atoms with E-state index in [1.165, 1.54) is 11.1 Å². The number of ether oxygens (including phenoxy) is 1. The molecule has 2 heteroatoms. The summed E-state index contributed by atoms with van der Waals surface area (Å²) in [7, 11) is 0. The molecule has 102 valence electrons. The highest BCUT2D eigenvalue weighted by Gasteiger charge is 1.97. The fraction of sp³-hybridized carbons (Fsp3) is 0.222. The minimum Gasteiger partial charge on any atom is -0.489 e. The van der Waals surface area contributed by atoms with Gasteiger partial charge in [0.1, 0.15) is 12.4 Å². The molecule has 2 rings (SSSR count). The Morgan fingerprint density at radius 2 is 1.70 bits per heavy atom. The Labute approximate surface area is 120 Å². The van der Waals surface area contributed by atoms with Gasteiger partial charge in [0, 0.05) is 19.5 Å². The lowest BCUT2D eigenvalue weighted by molar-refractivity contribution is 0.306. The maximum Gasteiger partial charge on any atom is 0.119 e. The maximum absolute atomic E-state index is 5.74. The molecular weight excluding hydrogens is 246 g/mol. The summed E-state index contributed by atoms with van der Waals surface area (Å²) in [5, 5.41) is 3.30. The first-order valence-electron chi connectivity index (χ1n) is 6.78. The number of rotatable bonds is 7. The fourth-order valence-electron chi connectivity index (χ4n) is 1.84. The van der Waals surface area contributed by atoms with Crippen LogP contribution in [0.5, 0.6) is 5.75 Å². The smallest absolute Gasteiger partial charge is 0.119 e. The van der Waals surface area contributed by atoms with Crippen LogP contribution >= 0.6 is 0 Å². The van der Waals surface area contributed by atoms with Gasteiger partial charge in [-0.3, -0.25) is 0 Å². The van der Waals surface area contributed by atoms with Crippen LogP contribution in [0, 0.1) is 12.3 Å². The van der Waals surface area contributed by atoms with Gasteiger partial charge in [0.25, 0.3) is 0 Å². The number of nitrogens with one attached hydrogen (secondary N) is 1. The second-order valence-electron chi connectivity index (χ2n) is 4.55. The molecule has 0 atom stereocenters. The first-order valence-corrected chi connectivity index (χ1v) is 6.78. The van der Waals surface area contributed by atoms with Crippen molar-refractivity contribution >= 4 is 0 Å². The van der Waals surface area contributed by atoms with Crippen LogP contribution < -0.4 is 10.1 Å². The predicted molar refractivity (Wildman–Crippen MR) is 82.4 cm³/mol. The molecule has 0 aliphatic rings. The summed E-state index contributed by atoms with van der Waals surface area (Å²) in [5.41, 5.74) is 2.40. The van der Waals surface area contributed by atoms with Crippen molar-refractivity contribution in [1.29, 1.82) is 0 Å². The van der Waals surface area contributed by atoms with Gasteiger partial charge in [-0.2, -0.15) is 0 Å². The van der Waals surface area contributed by atoms with E-state index in [1.54, 1.807) is 0 Å². The van der Waals surface area contributed by atoms with Gasteiger partial charge in [-0.15, -0.1) is 12.3 Å². The highest BCUT2D eigenvalue weighted by atomic mass is 16.5. The number of benzene rings is 2. The number of hydrogen-bond acceptors (Lipinski definition) is 2. The van der Waals surface area contributed by atoms with Crippen LogP contribution in [0.25, 0.3) is 0 Å². The highest BCUT2D eigenvalue weighted by Crippen LogP contribution is 2.14. The number of hydrogen-bond donors (Lipinski definition) is 1. The Kier molecular flexibility index (Phi) is 5.70. The average Bonchev–Trinajstić information content (AvgIpc) is 2.52. The van der Waals surface area contributed by atoms with E-state index in [-0.39, 0.29) is 0 Å². The Hall–Kier alpha value is -2.24. The maximum atomic E-state index is 5.74. The Morgan fingerprint density at radius 1 is 0.950 bits per heavy atom. The van der Waals surface area contributed by atoms with Crippen LogP contribution in [0.3, 0.4) is 0 Å². The zero-order chi connectivity index (χ0) is 14.0. The van der Waals surface area contributed by atoms with Gasteiger partial charge in [-0.1, -0.05) is 42.5 Å². The highest BCUT2D eigenvalue weighted by molar-refractivity contribution is 5.27. The summed E-state index contributed by atoms with van der Waals surface area (Å²) >= 11 is 0. The molecule has 0 bridgehead atoms. The molecule has 0 aliphatic heterocycles. The van der Waals surface area contributed by atoms with E-state index >= 15 is 0 Å². The third-order valence-electron chi connectivity index (χ3n) is 2.95. The zero-order valence-electron chi connectivity index (χ0n) is 11.5. The van der Waals surface area contributed by atoms with Crippen molar-refractivity contribution < 1.29 is 4.74 Å². The molecule has 0 radical (unpaired) electrons. The van der Waals surface area contributed by atoms with Gasteiger partial charge < -0.3 is 10.1 Å². The summed E-state index contributed by atoms with van der Waals surface area (Å²) in [6, 6.07) is 18.3. The zero-order valence-corrected chi connectivity index (χ0v) is 11.5. The van der Waals surface area contributed by atoms with Gasteiger partial charge in [0.05, 0.1) is 0 Å². The summed E-state index contributed by atoms with van der Waals surface area (Å²) < 4.78 is 5.74. The molecule has 20 heavy (non-hydrogen) atoms. The van der Waals surface area contributed by atoms with Gasteiger partial charge in [-0.05, 0) is 23.3 Å². The molecule has 0 saturated heterocycles. The van der Waals surface area contributed by atoms with Crippen molar-refractivity contribution in [3.05, 3.63) is 65.7 Å². The van der Waals surface area contributed by atoms with Crippen LogP contribution in [-0.2, 0) is 13.2 Å². The first kappa shape index (κ1) is 14.2. The minimum absolute atomic E-state index is 0.598. The molecule has 0 saturated carbocycles. The normalized spacial score (nSPS) is 9.95. The van der Waals surface area contributed by atoms with Crippen LogP contribution in [0.15, 0.2) is 54.6 Å². The summed E-state index contributed by atoms with van der Waals surface area (Å²) in [4.78, 5) is 0. The Balaban J connectivity index is 1.78. The van der Waals surface area contributed by atoms with Gasteiger partial charge >= 0.3 is 0 Å². The summed E-state index contributed by atoms with van der Waals surface area (Å²) in [5.74, 6) is 3.50. The Bertz CT molecular complexity index is 540. The Morgan fingerprint density at radius 3 is 2.40 bits per heavy atom. The lowest BCUT2D eigenvalue weighted by atomic mass is 10.2. The topological polar surface area (TPSA) is 21.3 Å². The van der Waals surface area contributed by atoms with Crippen molar-refractivity contribution in [2.45, 2.75) is 19.6 Å². The second kappa shape index (κ2) is 8.04. The summed E-state index contributed by atoms with van der Waals surface area (Å²) in [6.07, 6.45) is 5.96. The van der Waals surface area contributed by atoms with Crippen molar-refractivity contribution in [2.24, 2.45) is 0 Å². The molecule has 0 fully saturated rings. The molecule has 2 aromatic carbocycles. The van der Waals surface area contributed by atoms with Gasteiger partial charge in [0.15, 0.2) is 0 Å². The van der Waals surface area contributed by atoms with Crippen LogP contribution in [0.4, 0.5) is 0 Å². The van der Waals surface area contributed by atoms with Crippen LogP contribution in [0.1, 0.15) is 17.5 Å². The molecule has 0 aliphatic carbocycles. The van der Waals surface area contributed by atoms with E-state index in [4.69, 9.17) is 11.2 Å². The third-order valence-corrected chi connectivity index (χ3v) is 2.95. The molecular formula is C18H19NO.